The molecule has 0 aliphatic carbocycles. The van der Waals surface area contributed by atoms with Crippen molar-refractivity contribution in [1.29, 1.82) is 0 Å². The summed E-state index contributed by atoms with van der Waals surface area (Å²) >= 11 is 0. The molecule has 21 heavy (non-hydrogen) atoms. The Balaban J connectivity index is 0.000000170. The van der Waals surface area contributed by atoms with Crippen LogP contribution in [-0.4, -0.2) is 17.6 Å². The van der Waals surface area contributed by atoms with Gasteiger partial charge in [-0.15, -0.1) is 0 Å². The molecular weight excluding hydrogens is 268 g/mol. The lowest BCUT2D eigenvalue weighted by molar-refractivity contribution is 0.0997. The second-order valence-corrected chi connectivity index (χ2v) is 4.53. The summed E-state index contributed by atoms with van der Waals surface area (Å²) in [4.78, 5) is 10.8. The normalized spacial score (nSPS) is 11.1. The molecule has 5 heteroatoms. The van der Waals surface area contributed by atoms with Crippen molar-refractivity contribution in [1.82, 2.24) is 0 Å². The van der Waals surface area contributed by atoms with E-state index >= 15 is 0 Å². The Bertz CT molecular complexity index is 601. The number of ether oxygens (including phenoxy) is 1. The molecule has 2 aliphatic heterocycles. The van der Waals surface area contributed by atoms with Gasteiger partial charge >= 0.3 is 0 Å². The van der Waals surface area contributed by atoms with Gasteiger partial charge in [0.25, 0.3) is 5.91 Å². The van der Waals surface area contributed by atoms with E-state index in [0.717, 1.165) is 6.54 Å². The van der Waals surface area contributed by atoms with E-state index in [-0.39, 0.29) is 11.3 Å². The Kier molecular flexibility index (Phi) is 4.66. The molecule has 2 heterocycles. The molecular formula is C16H18N2O3. The lowest BCUT2D eigenvalue weighted by Gasteiger charge is -2.12. The Labute approximate surface area is 123 Å². The molecule has 1 amide bonds. The topological polar surface area (TPSA) is 84.6 Å². The molecule has 2 bridgehead atoms. The molecule has 2 aliphatic rings. The van der Waals surface area contributed by atoms with Crippen LogP contribution in [0.4, 0.5) is 5.69 Å². The van der Waals surface area contributed by atoms with Crippen molar-refractivity contribution in [2.45, 2.75) is 13.5 Å². The smallest absolute Gasteiger partial charge is 0.252 e. The summed E-state index contributed by atoms with van der Waals surface area (Å²) in [7, 11) is 0. The SMILES string of the molecule is CCOc1ccc(O)c(C(N)=O)c1.c1cc2ccc1CN2. The van der Waals surface area contributed by atoms with Gasteiger partial charge < -0.3 is 20.9 Å². The highest BCUT2D eigenvalue weighted by Gasteiger charge is 2.08. The average Bonchev–Trinajstić information content (AvgIpc) is 2.52. The summed E-state index contributed by atoms with van der Waals surface area (Å²) in [5.74, 6) is -0.274. The molecule has 0 fully saturated rings. The average molecular weight is 286 g/mol. The fourth-order valence-corrected chi connectivity index (χ4v) is 1.91. The third-order valence-corrected chi connectivity index (χ3v) is 3.00. The summed E-state index contributed by atoms with van der Waals surface area (Å²) in [5.41, 5.74) is 7.71. The molecule has 0 saturated heterocycles. The van der Waals surface area contributed by atoms with Crippen LogP contribution in [0.1, 0.15) is 22.8 Å². The summed E-state index contributed by atoms with van der Waals surface area (Å²) in [6.45, 7) is 3.35. The summed E-state index contributed by atoms with van der Waals surface area (Å²) < 4.78 is 5.13. The third kappa shape index (κ3) is 3.89. The van der Waals surface area contributed by atoms with Crippen LogP contribution in [0.15, 0.2) is 42.5 Å². The maximum Gasteiger partial charge on any atom is 0.252 e. The lowest BCUT2D eigenvalue weighted by atomic mass is 10.1. The van der Waals surface area contributed by atoms with E-state index in [1.165, 1.54) is 23.4 Å². The molecule has 0 saturated carbocycles. The first-order valence-electron chi connectivity index (χ1n) is 6.68. The van der Waals surface area contributed by atoms with Gasteiger partial charge in [0, 0.05) is 12.2 Å². The summed E-state index contributed by atoms with van der Waals surface area (Å²) in [5, 5.41) is 12.4. The number of fused-ring (bicyclic) bond motifs is 3. The number of anilines is 1. The van der Waals surface area contributed by atoms with Gasteiger partial charge in [0.15, 0.2) is 0 Å². The van der Waals surface area contributed by atoms with E-state index in [1.807, 2.05) is 6.92 Å². The zero-order chi connectivity index (χ0) is 15.2. The minimum Gasteiger partial charge on any atom is -0.507 e. The van der Waals surface area contributed by atoms with Gasteiger partial charge in [0.2, 0.25) is 0 Å². The number of benzene rings is 2. The number of hydrogen-bond acceptors (Lipinski definition) is 4. The predicted octanol–water partition coefficient (Wildman–Crippen LogP) is 2.50. The van der Waals surface area contributed by atoms with Crippen LogP contribution in [-0.2, 0) is 6.54 Å². The summed E-state index contributed by atoms with van der Waals surface area (Å²) in [6, 6.07) is 12.9. The first kappa shape index (κ1) is 14.7. The number of aromatic hydroxyl groups is 1. The molecule has 0 atom stereocenters. The van der Waals surface area contributed by atoms with Crippen LogP contribution in [0.3, 0.4) is 0 Å². The molecule has 0 spiro atoms. The second kappa shape index (κ2) is 6.65. The van der Waals surface area contributed by atoms with Crippen molar-refractivity contribution < 1.29 is 14.6 Å². The highest BCUT2D eigenvalue weighted by Crippen LogP contribution is 2.22. The number of primary amides is 1. The number of nitrogens with two attached hydrogens (primary N) is 1. The zero-order valence-corrected chi connectivity index (χ0v) is 11.8. The largest absolute Gasteiger partial charge is 0.507 e. The van der Waals surface area contributed by atoms with Gasteiger partial charge in [-0.25, -0.2) is 0 Å². The highest BCUT2D eigenvalue weighted by molar-refractivity contribution is 5.95. The molecule has 4 N–H and O–H groups in total. The van der Waals surface area contributed by atoms with E-state index in [2.05, 4.69) is 29.6 Å². The highest BCUT2D eigenvalue weighted by atomic mass is 16.5. The fourth-order valence-electron chi connectivity index (χ4n) is 1.91. The molecule has 110 valence electrons. The van der Waals surface area contributed by atoms with Crippen LogP contribution in [0.2, 0.25) is 0 Å². The maximum atomic E-state index is 10.8. The van der Waals surface area contributed by atoms with Crippen molar-refractivity contribution in [3.8, 4) is 11.5 Å². The van der Waals surface area contributed by atoms with Crippen LogP contribution < -0.4 is 15.8 Å². The van der Waals surface area contributed by atoms with Crippen LogP contribution in [0.5, 0.6) is 11.5 Å². The minimum absolute atomic E-state index is 0.0750. The molecule has 0 radical (unpaired) electrons. The Morgan fingerprint density at radius 3 is 2.38 bits per heavy atom. The van der Waals surface area contributed by atoms with Gasteiger partial charge in [-0.2, -0.15) is 0 Å². The van der Waals surface area contributed by atoms with E-state index in [4.69, 9.17) is 10.5 Å². The number of carbonyl (C=O) groups excluding carboxylic acids is 1. The van der Waals surface area contributed by atoms with E-state index in [0.29, 0.717) is 12.4 Å². The fraction of sp³-hybridized carbons (Fsp3) is 0.188. The molecule has 0 unspecified atom stereocenters. The van der Waals surface area contributed by atoms with Crippen LogP contribution in [0.25, 0.3) is 0 Å². The standard InChI is InChI=1S/C9H11NO3.C7H7N/c1-2-13-6-3-4-8(11)7(5-6)9(10)12;1-3-7-4-2-6(1)5-8-7/h3-5,11H,2H2,1H3,(H2,10,12);1-4,8H,5H2. The second-order valence-electron chi connectivity index (χ2n) is 4.53. The third-order valence-electron chi connectivity index (χ3n) is 3.00. The van der Waals surface area contributed by atoms with Crippen LogP contribution in [0, 0.1) is 0 Å². The number of hydrogen-bond donors (Lipinski definition) is 3. The Morgan fingerprint density at radius 1 is 1.29 bits per heavy atom. The molecule has 2 aromatic carbocycles. The van der Waals surface area contributed by atoms with Gasteiger partial charge in [-0.1, -0.05) is 12.1 Å². The quantitative estimate of drug-likeness (QED) is 0.809. The molecule has 2 aromatic rings. The van der Waals surface area contributed by atoms with E-state index in [9.17, 15) is 9.90 Å². The van der Waals surface area contributed by atoms with Crippen LogP contribution >= 0.6 is 0 Å². The number of carbonyl (C=O) groups is 1. The Hall–Kier alpha value is -2.69. The van der Waals surface area contributed by atoms with Crippen molar-refractivity contribution in [3.05, 3.63) is 53.6 Å². The van der Waals surface area contributed by atoms with E-state index < -0.39 is 5.91 Å². The lowest BCUT2D eigenvalue weighted by Crippen LogP contribution is -2.11. The number of amides is 1. The van der Waals surface area contributed by atoms with Gasteiger partial charge in [0.05, 0.1) is 12.2 Å². The Morgan fingerprint density at radius 2 is 2.00 bits per heavy atom. The van der Waals surface area contributed by atoms with Crippen molar-refractivity contribution in [2.75, 3.05) is 11.9 Å². The first-order chi connectivity index (χ1) is 10.1. The minimum atomic E-state index is -0.668. The summed E-state index contributed by atoms with van der Waals surface area (Å²) in [6.07, 6.45) is 0. The van der Waals surface area contributed by atoms with Crippen molar-refractivity contribution in [3.63, 3.8) is 0 Å². The number of phenols is 1. The first-order valence-corrected chi connectivity index (χ1v) is 6.68. The predicted molar refractivity (Wildman–Crippen MR) is 81.6 cm³/mol. The van der Waals surface area contributed by atoms with E-state index in [1.54, 1.807) is 6.07 Å². The van der Waals surface area contributed by atoms with Crippen molar-refractivity contribution >= 4 is 11.6 Å². The number of rotatable bonds is 3. The van der Waals surface area contributed by atoms with Gasteiger partial charge in [0.1, 0.15) is 11.5 Å². The monoisotopic (exact) mass is 286 g/mol. The maximum absolute atomic E-state index is 10.8. The van der Waals surface area contributed by atoms with Crippen molar-refractivity contribution in [2.24, 2.45) is 5.73 Å². The molecule has 0 aromatic heterocycles. The number of nitrogens with one attached hydrogen (secondary N) is 1. The molecule has 5 nitrogen and oxygen atoms in total. The van der Waals surface area contributed by atoms with Gasteiger partial charge in [-0.3, -0.25) is 4.79 Å². The molecule has 4 rings (SSSR count). The zero-order valence-electron chi connectivity index (χ0n) is 11.8. The van der Waals surface area contributed by atoms with Gasteiger partial charge in [-0.05, 0) is 42.8 Å².